The molecule has 0 saturated carbocycles. The summed E-state index contributed by atoms with van der Waals surface area (Å²) in [5, 5.41) is 6.50. The van der Waals surface area contributed by atoms with Gasteiger partial charge in [-0.3, -0.25) is 9.59 Å². The number of halogens is 1. The van der Waals surface area contributed by atoms with Crippen molar-refractivity contribution in [2.45, 2.75) is 45.6 Å². The first-order valence-electron chi connectivity index (χ1n) is 9.41. The molecule has 0 spiro atoms. The zero-order valence-electron chi connectivity index (χ0n) is 15.9. The summed E-state index contributed by atoms with van der Waals surface area (Å²) in [6.45, 7) is 6.85. The van der Waals surface area contributed by atoms with Gasteiger partial charge in [0, 0.05) is 38.0 Å². The second kappa shape index (κ2) is 11.9. The molecule has 0 aliphatic carbocycles. The van der Waals surface area contributed by atoms with Crippen LogP contribution in [0.2, 0.25) is 0 Å². The lowest BCUT2D eigenvalue weighted by molar-refractivity contribution is -0.134. The number of carbonyl (C=O) groups excluding carboxylic acids is 2. The molecule has 2 N–H and O–H groups in total. The number of amides is 2. The molecule has 5 nitrogen and oxygen atoms in total. The van der Waals surface area contributed by atoms with Gasteiger partial charge in [-0.25, -0.2) is 0 Å². The summed E-state index contributed by atoms with van der Waals surface area (Å²) < 4.78 is 0. The van der Waals surface area contributed by atoms with Crippen LogP contribution in [0.4, 0.5) is 0 Å². The van der Waals surface area contributed by atoms with Crippen molar-refractivity contribution in [3.05, 3.63) is 35.9 Å². The maximum Gasteiger partial charge on any atom is 0.225 e. The van der Waals surface area contributed by atoms with Gasteiger partial charge < -0.3 is 15.5 Å². The highest BCUT2D eigenvalue weighted by Crippen LogP contribution is 2.17. The van der Waals surface area contributed by atoms with Crippen molar-refractivity contribution in [1.82, 2.24) is 15.5 Å². The van der Waals surface area contributed by atoms with Crippen LogP contribution in [0, 0.1) is 5.92 Å². The highest BCUT2D eigenvalue weighted by atomic mass is 35.5. The molecule has 1 aromatic rings. The third-order valence-corrected chi connectivity index (χ3v) is 4.57. The van der Waals surface area contributed by atoms with E-state index in [1.54, 1.807) is 0 Å². The van der Waals surface area contributed by atoms with Gasteiger partial charge >= 0.3 is 0 Å². The van der Waals surface area contributed by atoms with Gasteiger partial charge in [-0.2, -0.15) is 0 Å². The molecule has 1 fully saturated rings. The molecule has 1 saturated heterocycles. The predicted molar refractivity (Wildman–Crippen MR) is 107 cm³/mol. The van der Waals surface area contributed by atoms with Crippen LogP contribution in [0.25, 0.3) is 0 Å². The predicted octanol–water partition coefficient (Wildman–Crippen LogP) is 2.91. The third kappa shape index (κ3) is 7.34. The van der Waals surface area contributed by atoms with E-state index >= 15 is 0 Å². The number of hydrogen-bond acceptors (Lipinski definition) is 3. The molecular formula is C20H32ClN3O2. The minimum atomic E-state index is 0. The first-order chi connectivity index (χ1) is 12.1. The fraction of sp³-hybridized carbons (Fsp3) is 0.600. The summed E-state index contributed by atoms with van der Waals surface area (Å²) in [5.41, 5.74) is 1.14. The largest absolute Gasteiger partial charge is 0.356 e. The smallest absolute Gasteiger partial charge is 0.225 e. The second-order valence-electron chi connectivity index (χ2n) is 7.01. The minimum absolute atomic E-state index is 0. The van der Waals surface area contributed by atoms with Gasteiger partial charge in [0.2, 0.25) is 11.8 Å². The van der Waals surface area contributed by atoms with Crippen molar-refractivity contribution in [3.63, 3.8) is 0 Å². The van der Waals surface area contributed by atoms with Gasteiger partial charge in [0.05, 0.1) is 0 Å². The van der Waals surface area contributed by atoms with E-state index in [2.05, 4.69) is 22.8 Å². The molecule has 2 amide bonds. The highest BCUT2D eigenvalue weighted by molar-refractivity contribution is 5.85. The number of hydrogen-bond donors (Lipinski definition) is 2. The highest BCUT2D eigenvalue weighted by Gasteiger charge is 2.18. The van der Waals surface area contributed by atoms with E-state index in [0.29, 0.717) is 19.5 Å². The molecule has 1 aliphatic rings. The van der Waals surface area contributed by atoms with Crippen LogP contribution in [-0.4, -0.2) is 42.9 Å². The maximum atomic E-state index is 12.3. The number of nitrogens with zero attached hydrogens (tertiary/aromatic N) is 1. The molecule has 146 valence electrons. The van der Waals surface area contributed by atoms with Crippen molar-refractivity contribution >= 4 is 24.2 Å². The number of nitrogens with one attached hydrogen (secondary N) is 2. The lowest BCUT2D eigenvalue weighted by Crippen LogP contribution is -2.37. The molecule has 0 radical (unpaired) electrons. The van der Waals surface area contributed by atoms with E-state index in [4.69, 9.17) is 0 Å². The molecule has 1 heterocycles. The number of benzene rings is 1. The summed E-state index contributed by atoms with van der Waals surface area (Å²) in [6.07, 6.45) is 3.22. The average Bonchev–Trinajstić information content (AvgIpc) is 2.63. The fourth-order valence-corrected chi connectivity index (χ4v) is 3.15. The topological polar surface area (TPSA) is 61.4 Å². The molecular weight excluding hydrogens is 350 g/mol. The van der Waals surface area contributed by atoms with Crippen LogP contribution in [0.3, 0.4) is 0 Å². The Labute approximate surface area is 163 Å². The monoisotopic (exact) mass is 381 g/mol. The van der Waals surface area contributed by atoms with Gasteiger partial charge in [0.15, 0.2) is 0 Å². The molecule has 26 heavy (non-hydrogen) atoms. The zero-order valence-corrected chi connectivity index (χ0v) is 16.7. The maximum absolute atomic E-state index is 12.3. The van der Waals surface area contributed by atoms with Crippen LogP contribution >= 0.6 is 12.4 Å². The van der Waals surface area contributed by atoms with Crippen LogP contribution in [0.5, 0.6) is 0 Å². The Hall–Kier alpha value is -1.59. The molecule has 1 unspecified atom stereocenters. The van der Waals surface area contributed by atoms with E-state index < -0.39 is 0 Å². The number of carbonyl (C=O) groups is 2. The lowest BCUT2D eigenvalue weighted by Gasteiger charge is -2.24. The van der Waals surface area contributed by atoms with E-state index in [9.17, 15) is 9.59 Å². The van der Waals surface area contributed by atoms with Crippen molar-refractivity contribution in [1.29, 1.82) is 0 Å². The Morgan fingerprint density at radius 3 is 2.46 bits per heavy atom. The SMILES string of the molecule is CC(C)C(=O)N1CCCCNC(c2ccccc2)CC(=O)NCCC1.Cl. The first kappa shape index (κ1) is 22.5. The normalized spacial score (nSPS) is 20.2. The summed E-state index contributed by atoms with van der Waals surface area (Å²) in [6, 6.07) is 10.2. The average molecular weight is 382 g/mol. The minimum Gasteiger partial charge on any atom is -0.356 e. The molecule has 0 bridgehead atoms. The molecule has 6 heteroatoms. The quantitative estimate of drug-likeness (QED) is 0.828. The Bertz CT molecular complexity index is 551. The molecule has 1 aromatic carbocycles. The second-order valence-corrected chi connectivity index (χ2v) is 7.01. The van der Waals surface area contributed by atoms with E-state index in [1.807, 2.05) is 36.9 Å². The Morgan fingerprint density at radius 2 is 1.77 bits per heavy atom. The van der Waals surface area contributed by atoms with Crippen LogP contribution in [0.15, 0.2) is 30.3 Å². The van der Waals surface area contributed by atoms with Crippen LogP contribution in [0.1, 0.15) is 51.1 Å². The Balaban J connectivity index is 0.00000338. The summed E-state index contributed by atoms with van der Waals surface area (Å²) in [7, 11) is 0. The van der Waals surface area contributed by atoms with Crippen LogP contribution < -0.4 is 10.6 Å². The zero-order chi connectivity index (χ0) is 18.1. The molecule has 2 rings (SSSR count). The van der Waals surface area contributed by atoms with E-state index in [0.717, 1.165) is 37.9 Å². The Kier molecular flexibility index (Phi) is 10.3. The van der Waals surface area contributed by atoms with Gasteiger partial charge in [-0.05, 0) is 31.4 Å². The van der Waals surface area contributed by atoms with Crippen molar-refractivity contribution in [3.8, 4) is 0 Å². The third-order valence-electron chi connectivity index (χ3n) is 4.57. The molecule has 1 aliphatic heterocycles. The Morgan fingerprint density at radius 1 is 1.08 bits per heavy atom. The standard InChI is InChI=1S/C20H31N3O2.ClH/c1-16(2)20(25)23-13-7-6-11-21-18(17-9-4-3-5-10-17)15-19(24)22-12-8-14-23;/h3-5,9-10,16,18,21H,6-8,11-15H2,1-2H3,(H,22,24);1H. The first-order valence-corrected chi connectivity index (χ1v) is 9.41. The summed E-state index contributed by atoms with van der Waals surface area (Å²) in [4.78, 5) is 26.5. The van der Waals surface area contributed by atoms with Crippen LogP contribution in [-0.2, 0) is 9.59 Å². The van der Waals surface area contributed by atoms with Gasteiger partial charge in [0.25, 0.3) is 0 Å². The van der Waals surface area contributed by atoms with E-state index in [-0.39, 0.29) is 36.2 Å². The molecule has 0 aromatic heterocycles. The number of rotatable bonds is 2. The summed E-state index contributed by atoms with van der Waals surface area (Å²) >= 11 is 0. The summed E-state index contributed by atoms with van der Waals surface area (Å²) in [5.74, 6) is 0.282. The molecule has 1 atom stereocenters. The van der Waals surface area contributed by atoms with Gasteiger partial charge in [0.1, 0.15) is 0 Å². The van der Waals surface area contributed by atoms with Gasteiger partial charge in [-0.15, -0.1) is 12.4 Å². The van der Waals surface area contributed by atoms with Crippen molar-refractivity contribution < 1.29 is 9.59 Å². The van der Waals surface area contributed by atoms with Gasteiger partial charge in [-0.1, -0.05) is 44.2 Å². The fourth-order valence-electron chi connectivity index (χ4n) is 3.15. The lowest BCUT2D eigenvalue weighted by atomic mass is 10.0. The van der Waals surface area contributed by atoms with Crippen molar-refractivity contribution in [2.75, 3.05) is 26.2 Å². The van der Waals surface area contributed by atoms with E-state index in [1.165, 1.54) is 0 Å². The van der Waals surface area contributed by atoms with Crippen molar-refractivity contribution in [2.24, 2.45) is 5.92 Å².